The fraction of sp³-hybridized carbons (Fsp3) is 0.409. The summed E-state index contributed by atoms with van der Waals surface area (Å²) in [5, 5.41) is 3.04. The maximum atomic E-state index is 12.5. The first-order valence-corrected chi connectivity index (χ1v) is 9.62. The van der Waals surface area contributed by atoms with Crippen LogP contribution in [0.1, 0.15) is 24.1 Å². The van der Waals surface area contributed by atoms with Crippen LogP contribution in [0.25, 0.3) is 0 Å². The summed E-state index contributed by atoms with van der Waals surface area (Å²) in [6.07, 6.45) is 0.765. The van der Waals surface area contributed by atoms with Crippen LogP contribution < -0.4 is 10.1 Å². The highest BCUT2D eigenvalue weighted by Crippen LogP contribution is 2.21. The summed E-state index contributed by atoms with van der Waals surface area (Å²) < 4.78 is 5.36. The number of carbonyl (C=O) groups excluding carboxylic acids is 1. The Labute approximate surface area is 161 Å². The number of urea groups is 1. The molecule has 1 saturated heterocycles. The van der Waals surface area contributed by atoms with Gasteiger partial charge in [-0.15, -0.1) is 0 Å². The van der Waals surface area contributed by atoms with Crippen LogP contribution in [0.4, 0.5) is 4.79 Å². The van der Waals surface area contributed by atoms with E-state index >= 15 is 0 Å². The number of hydrogen-bond donors (Lipinski definition) is 1. The molecule has 5 nitrogen and oxygen atoms in total. The summed E-state index contributed by atoms with van der Waals surface area (Å²) >= 11 is 0. The Morgan fingerprint density at radius 3 is 2.41 bits per heavy atom. The van der Waals surface area contributed by atoms with Crippen molar-refractivity contribution in [3.63, 3.8) is 0 Å². The molecule has 2 aromatic carbocycles. The number of rotatable bonds is 6. The second-order valence-electron chi connectivity index (χ2n) is 6.90. The molecule has 0 bridgehead atoms. The monoisotopic (exact) mass is 367 g/mol. The van der Waals surface area contributed by atoms with Gasteiger partial charge >= 0.3 is 6.03 Å². The number of nitrogens with one attached hydrogen (secondary N) is 1. The molecule has 1 atom stereocenters. The minimum Gasteiger partial charge on any atom is -0.496 e. The van der Waals surface area contributed by atoms with E-state index < -0.39 is 0 Å². The molecule has 3 rings (SSSR count). The Kier molecular flexibility index (Phi) is 6.71. The van der Waals surface area contributed by atoms with Crippen molar-refractivity contribution in [2.75, 3.05) is 39.8 Å². The topological polar surface area (TPSA) is 44.8 Å². The SMILES string of the molecule is COc1ccccc1CCNC(=O)N1CCN(C(C)c2ccccc2)CC1. The van der Waals surface area contributed by atoms with Crippen molar-refractivity contribution in [3.05, 3.63) is 65.7 Å². The molecule has 2 aromatic rings. The second kappa shape index (κ2) is 9.42. The fourth-order valence-electron chi connectivity index (χ4n) is 3.58. The van der Waals surface area contributed by atoms with Gasteiger partial charge < -0.3 is 15.0 Å². The molecule has 2 amide bonds. The van der Waals surface area contributed by atoms with Gasteiger partial charge in [-0.25, -0.2) is 4.79 Å². The predicted octanol–water partition coefficient (Wildman–Crippen LogP) is 3.33. The number of ether oxygens (including phenoxy) is 1. The lowest BCUT2D eigenvalue weighted by Crippen LogP contribution is -2.52. The number of para-hydroxylation sites is 1. The van der Waals surface area contributed by atoms with E-state index in [1.165, 1.54) is 5.56 Å². The zero-order valence-electron chi connectivity index (χ0n) is 16.2. The molecular formula is C22H29N3O2. The van der Waals surface area contributed by atoms with Crippen molar-refractivity contribution < 1.29 is 9.53 Å². The molecule has 1 unspecified atom stereocenters. The van der Waals surface area contributed by atoms with Gasteiger partial charge in [-0.3, -0.25) is 4.90 Å². The fourth-order valence-corrected chi connectivity index (χ4v) is 3.58. The molecule has 1 heterocycles. The summed E-state index contributed by atoms with van der Waals surface area (Å²) in [6.45, 7) is 6.17. The Balaban J connectivity index is 1.43. The van der Waals surface area contributed by atoms with Gasteiger partial charge in [0.15, 0.2) is 0 Å². The average Bonchev–Trinajstić information content (AvgIpc) is 2.74. The van der Waals surface area contributed by atoms with Gasteiger partial charge in [0, 0.05) is 38.8 Å². The predicted molar refractivity (Wildman–Crippen MR) is 108 cm³/mol. The van der Waals surface area contributed by atoms with E-state index in [2.05, 4.69) is 41.4 Å². The lowest BCUT2D eigenvalue weighted by molar-refractivity contribution is 0.114. The number of piperazine rings is 1. The molecule has 0 spiro atoms. The first-order valence-electron chi connectivity index (χ1n) is 9.62. The number of carbonyl (C=O) groups is 1. The van der Waals surface area contributed by atoms with Crippen molar-refractivity contribution >= 4 is 6.03 Å². The van der Waals surface area contributed by atoms with Gasteiger partial charge in [-0.1, -0.05) is 48.5 Å². The molecule has 0 saturated carbocycles. The number of amides is 2. The highest BCUT2D eigenvalue weighted by atomic mass is 16.5. The van der Waals surface area contributed by atoms with E-state index in [-0.39, 0.29) is 6.03 Å². The normalized spacial score (nSPS) is 16.0. The number of methoxy groups -OCH3 is 1. The molecule has 144 valence electrons. The molecule has 0 aromatic heterocycles. The standard InChI is InChI=1S/C22H29N3O2/c1-18(19-8-4-3-5-9-19)24-14-16-25(17-15-24)22(26)23-13-12-20-10-6-7-11-21(20)27-2/h3-11,18H,12-17H2,1-2H3,(H,23,26). The average molecular weight is 367 g/mol. The molecule has 27 heavy (non-hydrogen) atoms. The minimum absolute atomic E-state index is 0.0249. The van der Waals surface area contributed by atoms with Crippen molar-refractivity contribution in [2.45, 2.75) is 19.4 Å². The van der Waals surface area contributed by atoms with E-state index in [1.807, 2.05) is 35.2 Å². The summed E-state index contributed by atoms with van der Waals surface area (Å²) in [7, 11) is 1.67. The van der Waals surface area contributed by atoms with Gasteiger partial charge in [0.2, 0.25) is 0 Å². The van der Waals surface area contributed by atoms with Crippen LogP contribution in [0, 0.1) is 0 Å². The zero-order chi connectivity index (χ0) is 19.1. The van der Waals surface area contributed by atoms with Crippen LogP contribution >= 0.6 is 0 Å². The van der Waals surface area contributed by atoms with Crippen LogP contribution in [0.2, 0.25) is 0 Å². The van der Waals surface area contributed by atoms with Crippen molar-refractivity contribution in [1.29, 1.82) is 0 Å². The third-order valence-corrected chi connectivity index (χ3v) is 5.29. The molecule has 1 aliphatic heterocycles. The zero-order valence-corrected chi connectivity index (χ0v) is 16.2. The lowest BCUT2D eigenvalue weighted by atomic mass is 10.1. The van der Waals surface area contributed by atoms with Crippen molar-refractivity contribution in [2.24, 2.45) is 0 Å². The van der Waals surface area contributed by atoms with E-state index in [0.717, 1.165) is 43.9 Å². The summed E-state index contributed by atoms with van der Waals surface area (Å²) in [5.74, 6) is 0.871. The third kappa shape index (κ3) is 5.01. The van der Waals surface area contributed by atoms with Gasteiger partial charge in [0.25, 0.3) is 0 Å². The largest absolute Gasteiger partial charge is 0.496 e. The van der Waals surface area contributed by atoms with Crippen molar-refractivity contribution in [3.8, 4) is 5.75 Å². The molecular weight excluding hydrogens is 338 g/mol. The Morgan fingerprint density at radius 1 is 1.04 bits per heavy atom. The Bertz CT molecular complexity index is 727. The minimum atomic E-state index is 0.0249. The first kappa shape index (κ1) is 19.2. The van der Waals surface area contributed by atoms with Gasteiger partial charge in [0.05, 0.1) is 7.11 Å². The number of nitrogens with zero attached hydrogens (tertiary/aromatic N) is 2. The molecule has 1 fully saturated rings. The van der Waals surface area contributed by atoms with E-state index in [9.17, 15) is 4.79 Å². The quantitative estimate of drug-likeness (QED) is 0.852. The summed E-state index contributed by atoms with van der Waals surface area (Å²) in [6, 6.07) is 18.9. The third-order valence-electron chi connectivity index (χ3n) is 5.29. The first-order chi connectivity index (χ1) is 13.2. The van der Waals surface area contributed by atoms with Crippen molar-refractivity contribution in [1.82, 2.24) is 15.1 Å². The molecule has 1 N–H and O–H groups in total. The molecule has 5 heteroatoms. The van der Waals surface area contributed by atoms with E-state index in [4.69, 9.17) is 4.74 Å². The lowest BCUT2D eigenvalue weighted by Gasteiger charge is -2.38. The van der Waals surface area contributed by atoms with Crippen LogP contribution in [-0.4, -0.2) is 55.7 Å². The maximum absolute atomic E-state index is 12.5. The van der Waals surface area contributed by atoms with Gasteiger partial charge in [-0.05, 0) is 30.5 Å². The van der Waals surface area contributed by atoms with Crippen LogP contribution in [0.5, 0.6) is 5.75 Å². The van der Waals surface area contributed by atoms with Gasteiger partial charge in [0.1, 0.15) is 5.75 Å². The number of hydrogen-bond acceptors (Lipinski definition) is 3. The van der Waals surface area contributed by atoms with E-state index in [1.54, 1.807) is 7.11 Å². The summed E-state index contributed by atoms with van der Waals surface area (Å²) in [4.78, 5) is 16.8. The Hall–Kier alpha value is -2.53. The smallest absolute Gasteiger partial charge is 0.317 e. The van der Waals surface area contributed by atoms with Crippen LogP contribution in [-0.2, 0) is 6.42 Å². The number of benzene rings is 2. The van der Waals surface area contributed by atoms with E-state index in [0.29, 0.717) is 12.6 Å². The molecule has 0 radical (unpaired) electrons. The van der Waals surface area contributed by atoms with Gasteiger partial charge in [-0.2, -0.15) is 0 Å². The molecule has 1 aliphatic rings. The highest BCUT2D eigenvalue weighted by molar-refractivity contribution is 5.74. The van der Waals surface area contributed by atoms with Crippen LogP contribution in [0.15, 0.2) is 54.6 Å². The molecule has 0 aliphatic carbocycles. The Morgan fingerprint density at radius 2 is 1.70 bits per heavy atom. The maximum Gasteiger partial charge on any atom is 0.317 e. The second-order valence-corrected chi connectivity index (χ2v) is 6.90. The van der Waals surface area contributed by atoms with Crippen LogP contribution in [0.3, 0.4) is 0 Å². The highest BCUT2D eigenvalue weighted by Gasteiger charge is 2.24. The summed E-state index contributed by atoms with van der Waals surface area (Å²) in [5.41, 5.74) is 2.44.